The molecule has 0 aromatic rings. The Morgan fingerprint density at radius 3 is 2.35 bits per heavy atom. The zero-order valence-electron chi connectivity index (χ0n) is 12.9. The minimum atomic E-state index is 0. The number of hydrogen-bond acceptors (Lipinski definition) is 3. The first-order valence-electron chi connectivity index (χ1n) is 7.33. The molecule has 2 amide bonds. The second-order valence-electron chi connectivity index (χ2n) is 5.15. The van der Waals surface area contributed by atoms with Gasteiger partial charge >= 0.3 is 0 Å². The molecule has 1 atom stereocenters. The Labute approximate surface area is 128 Å². The van der Waals surface area contributed by atoms with Gasteiger partial charge in [0.15, 0.2) is 0 Å². The molecule has 5 nitrogen and oxygen atoms in total. The van der Waals surface area contributed by atoms with Gasteiger partial charge in [-0.1, -0.05) is 0 Å². The topological polar surface area (TPSA) is 52.7 Å². The summed E-state index contributed by atoms with van der Waals surface area (Å²) < 4.78 is 0. The molecule has 1 unspecified atom stereocenters. The van der Waals surface area contributed by atoms with Gasteiger partial charge in [0.2, 0.25) is 11.8 Å². The SMILES string of the molecule is CCN(CC)C(=O)CN(C)C(=O)CCC1CCCN1.Cl. The van der Waals surface area contributed by atoms with Gasteiger partial charge in [-0.2, -0.15) is 0 Å². The molecule has 1 saturated heterocycles. The van der Waals surface area contributed by atoms with Gasteiger partial charge < -0.3 is 15.1 Å². The van der Waals surface area contributed by atoms with E-state index in [-0.39, 0.29) is 30.8 Å². The van der Waals surface area contributed by atoms with E-state index >= 15 is 0 Å². The molecule has 1 aliphatic rings. The third kappa shape index (κ3) is 6.09. The van der Waals surface area contributed by atoms with E-state index in [0.717, 1.165) is 19.4 Å². The highest BCUT2D eigenvalue weighted by atomic mass is 35.5. The Kier molecular flexibility index (Phi) is 9.59. The summed E-state index contributed by atoms with van der Waals surface area (Å²) in [5.74, 6) is 0.0917. The van der Waals surface area contributed by atoms with Crippen LogP contribution in [-0.4, -0.2) is 60.9 Å². The van der Waals surface area contributed by atoms with E-state index in [4.69, 9.17) is 0 Å². The van der Waals surface area contributed by atoms with Crippen LogP contribution in [0.4, 0.5) is 0 Å². The number of halogens is 1. The Hall–Kier alpha value is -0.810. The second-order valence-corrected chi connectivity index (χ2v) is 5.15. The van der Waals surface area contributed by atoms with Gasteiger partial charge in [-0.15, -0.1) is 12.4 Å². The summed E-state index contributed by atoms with van der Waals surface area (Å²) in [5.41, 5.74) is 0. The quantitative estimate of drug-likeness (QED) is 0.770. The summed E-state index contributed by atoms with van der Waals surface area (Å²) in [6.07, 6.45) is 3.77. The smallest absolute Gasteiger partial charge is 0.242 e. The number of rotatable bonds is 7. The zero-order chi connectivity index (χ0) is 14.3. The summed E-state index contributed by atoms with van der Waals surface area (Å²) in [6.45, 7) is 6.56. The lowest BCUT2D eigenvalue weighted by atomic mass is 10.1. The van der Waals surface area contributed by atoms with Crippen molar-refractivity contribution in [1.29, 1.82) is 0 Å². The van der Waals surface area contributed by atoms with Crippen LogP contribution in [-0.2, 0) is 9.59 Å². The molecule has 6 heteroatoms. The average molecular weight is 306 g/mol. The third-order valence-corrected chi connectivity index (χ3v) is 3.78. The molecule has 1 heterocycles. The van der Waals surface area contributed by atoms with E-state index in [1.54, 1.807) is 16.8 Å². The van der Waals surface area contributed by atoms with Gasteiger partial charge in [-0.25, -0.2) is 0 Å². The van der Waals surface area contributed by atoms with Gasteiger partial charge in [0.05, 0.1) is 6.54 Å². The molecule has 0 aliphatic carbocycles. The van der Waals surface area contributed by atoms with Crippen molar-refractivity contribution < 1.29 is 9.59 Å². The highest BCUT2D eigenvalue weighted by molar-refractivity contribution is 5.85. The highest BCUT2D eigenvalue weighted by Gasteiger charge is 2.19. The molecule has 1 fully saturated rings. The fourth-order valence-corrected chi connectivity index (χ4v) is 2.46. The zero-order valence-corrected chi connectivity index (χ0v) is 13.7. The summed E-state index contributed by atoms with van der Waals surface area (Å²) in [4.78, 5) is 27.2. The van der Waals surface area contributed by atoms with Crippen LogP contribution in [0.3, 0.4) is 0 Å². The van der Waals surface area contributed by atoms with Crippen molar-refractivity contribution in [3.8, 4) is 0 Å². The van der Waals surface area contributed by atoms with Gasteiger partial charge in [-0.3, -0.25) is 9.59 Å². The fraction of sp³-hybridized carbons (Fsp3) is 0.857. The fourth-order valence-electron chi connectivity index (χ4n) is 2.46. The van der Waals surface area contributed by atoms with Crippen LogP contribution in [0, 0.1) is 0 Å². The van der Waals surface area contributed by atoms with Crippen LogP contribution in [0.25, 0.3) is 0 Å². The second kappa shape index (κ2) is 10.00. The number of likely N-dealkylation sites (N-methyl/N-ethyl adjacent to an activating group) is 2. The third-order valence-electron chi connectivity index (χ3n) is 3.78. The normalized spacial score (nSPS) is 17.4. The summed E-state index contributed by atoms with van der Waals surface area (Å²) in [6, 6.07) is 0.482. The molecule has 118 valence electrons. The molecule has 20 heavy (non-hydrogen) atoms. The van der Waals surface area contributed by atoms with Crippen molar-refractivity contribution in [3.05, 3.63) is 0 Å². The van der Waals surface area contributed by atoms with E-state index in [9.17, 15) is 9.59 Å². The predicted octanol–water partition coefficient (Wildman–Crippen LogP) is 1.27. The maximum Gasteiger partial charge on any atom is 0.242 e. The van der Waals surface area contributed by atoms with E-state index < -0.39 is 0 Å². The first kappa shape index (κ1) is 19.2. The average Bonchev–Trinajstić information content (AvgIpc) is 2.90. The molecule has 1 rings (SSSR count). The monoisotopic (exact) mass is 305 g/mol. The Balaban J connectivity index is 0.00000361. The lowest BCUT2D eigenvalue weighted by molar-refractivity contribution is -0.139. The van der Waals surface area contributed by atoms with Crippen LogP contribution in [0.1, 0.15) is 39.5 Å². The number of nitrogens with one attached hydrogen (secondary N) is 1. The van der Waals surface area contributed by atoms with Crippen molar-refractivity contribution in [1.82, 2.24) is 15.1 Å². The van der Waals surface area contributed by atoms with Crippen molar-refractivity contribution in [2.45, 2.75) is 45.6 Å². The lowest BCUT2D eigenvalue weighted by Crippen LogP contribution is -2.41. The molecule has 0 aromatic carbocycles. The summed E-state index contributed by atoms with van der Waals surface area (Å²) >= 11 is 0. The van der Waals surface area contributed by atoms with E-state index in [0.29, 0.717) is 25.6 Å². The molecule has 0 saturated carbocycles. The Morgan fingerprint density at radius 1 is 1.20 bits per heavy atom. The van der Waals surface area contributed by atoms with Crippen LogP contribution in [0.15, 0.2) is 0 Å². The Morgan fingerprint density at radius 2 is 1.85 bits per heavy atom. The van der Waals surface area contributed by atoms with Crippen molar-refractivity contribution in [2.24, 2.45) is 0 Å². The number of nitrogens with zero attached hydrogens (tertiary/aromatic N) is 2. The molecule has 1 aliphatic heterocycles. The molecular formula is C14H28ClN3O2. The van der Waals surface area contributed by atoms with E-state index in [2.05, 4.69) is 5.32 Å². The highest BCUT2D eigenvalue weighted by Crippen LogP contribution is 2.11. The maximum atomic E-state index is 12.0. The standard InChI is InChI=1S/C14H27N3O2.ClH/c1-4-17(5-2)14(19)11-16(3)13(18)9-8-12-7-6-10-15-12;/h12,15H,4-11H2,1-3H3;1H. The molecule has 1 N–H and O–H groups in total. The van der Waals surface area contributed by atoms with E-state index in [1.807, 2.05) is 13.8 Å². The molecule has 0 spiro atoms. The van der Waals surface area contributed by atoms with Crippen molar-refractivity contribution in [2.75, 3.05) is 33.2 Å². The number of amides is 2. The van der Waals surface area contributed by atoms with Crippen LogP contribution >= 0.6 is 12.4 Å². The van der Waals surface area contributed by atoms with Crippen molar-refractivity contribution >= 4 is 24.2 Å². The summed E-state index contributed by atoms with van der Waals surface area (Å²) in [5, 5.41) is 3.38. The van der Waals surface area contributed by atoms with Gasteiger partial charge in [0, 0.05) is 32.6 Å². The summed E-state index contributed by atoms with van der Waals surface area (Å²) in [7, 11) is 1.71. The number of hydrogen-bond donors (Lipinski definition) is 1. The van der Waals surface area contributed by atoms with Gasteiger partial charge in [0.25, 0.3) is 0 Å². The number of carbonyl (C=O) groups excluding carboxylic acids is 2. The lowest BCUT2D eigenvalue weighted by Gasteiger charge is -2.23. The predicted molar refractivity (Wildman–Crippen MR) is 83.1 cm³/mol. The Bertz CT molecular complexity index is 303. The number of carbonyl (C=O) groups is 2. The van der Waals surface area contributed by atoms with Crippen LogP contribution in [0.5, 0.6) is 0 Å². The molecule has 0 bridgehead atoms. The minimum Gasteiger partial charge on any atom is -0.342 e. The molecular weight excluding hydrogens is 278 g/mol. The minimum absolute atomic E-state index is 0. The van der Waals surface area contributed by atoms with E-state index in [1.165, 1.54) is 6.42 Å². The maximum absolute atomic E-state index is 12.0. The first-order chi connectivity index (χ1) is 9.08. The molecule has 0 aromatic heterocycles. The van der Waals surface area contributed by atoms with Crippen molar-refractivity contribution in [3.63, 3.8) is 0 Å². The van der Waals surface area contributed by atoms with Gasteiger partial charge in [0.1, 0.15) is 0 Å². The van der Waals surface area contributed by atoms with Crippen LogP contribution < -0.4 is 5.32 Å². The largest absolute Gasteiger partial charge is 0.342 e. The molecule has 0 radical (unpaired) electrons. The first-order valence-corrected chi connectivity index (χ1v) is 7.33. The van der Waals surface area contributed by atoms with Gasteiger partial charge in [-0.05, 0) is 39.7 Å². The van der Waals surface area contributed by atoms with Crippen LogP contribution in [0.2, 0.25) is 0 Å².